The van der Waals surface area contributed by atoms with E-state index in [4.69, 9.17) is 24.9 Å². The summed E-state index contributed by atoms with van der Waals surface area (Å²) in [4.78, 5) is 4.15. The van der Waals surface area contributed by atoms with Gasteiger partial charge in [0.15, 0.2) is 11.5 Å². The summed E-state index contributed by atoms with van der Waals surface area (Å²) in [6.07, 6.45) is 4.19. The van der Waals surface area contributed by atoms with E-state index < -0.39 is 5.82 Å². The Labute approximate surface area is 157 Å². The summed E-state index contributed by atoms with van der Waals surface area (Å²) >= 11 is 6.01. The van der Waals surface area contributed by atoms with Crippen LogP contribution in [0.4, 0.5) is 10.3 Å². The first kappa shape index (κ1) is 16.9. The van der Waals surface area contributed by atoms with Gasteiger partial charge in [-0.1, -0.05) is 17.7 Å². The SMILES string of the molecule is N#Cc1c(/N=C/c2c(F)cccc2Cl)oc(-c2ccco2)c1-c1ccco1. The highest BCUT2D eigenvalue weighted by atomic mass is 35.5. The molecule has 0 aliphatic heterocycles. The molecule has 3 heterocycles. The molecule has 0 atom stereocenters. The standard InChI is InChI=1S/C20H10ClFN2O3/c21-14-4-1-5-15(22)13(14)11-24-20-12(10-23)18(16-6-2-8-25-16)19(27-20)17-7-3-9-26-17/h1-9,11H/b24-11+. The first-order chi connectivity index (χ1) is 13.2. The number of rotatable bonds is 4. The molecule has 7 heteroatoms. The van der Waals surface area contributed by atoms with Crippen molar-refractivity contribution in [3.05, 3.63) is 77.0 Å². The average Bonchev–Trinajstić information content (AvgIpc) is 3.40. The molecule has 5 nitrogen and oxygen atoms in total. The van der Waals surface area contributed by atoms with Crippen molar-refractivity contribution in [3.8, 4) is 28.9 Å². The molecule has 0 saturated heterocycles. The number of halogens is 2. The Morgan fingerprint density at radius 3 is 2.41 bits per heavy atom. The Bertz CT molecular complexity index is 1130. The number of nitriles is 1. The highest BCUT2D eigenvalue weighted by Crippen LogP contribution is 2.42. The summed E-state index contributed by atoms with van der Waals surface area (Å²) in [5.41, 5.74) is 0.642. The smallest absolute Gasteiger partial charge is 0.238 e. The van der Waals surface area contributed by atoms with Gasteiger partial charge in [0.1, 0.15) is 23.2 Å². The number of hydrogen-bond acceptors (Lipinski definition) is 5. The molecule has 0 fully saturated rings. The quantitative estimate of drug-likeness (QED) is 0.394. The van der Waals surface area contributed by atoms with Crippen LogP contribution in [0.25, 0.3) is 22.8 Å². The Kier molecular flexibility index (Phi) is 4.37. The number of nitrogens with zero attached hydrogens (tertiary/aromatic N) is 2. The van der Waals surface area contributed by atoms with Crippen molar-refractivity contribution in [1.82, 2.24) is 0 Å². The van der Waals surface area contributed by atoms with Gasteiger partial charge < -0.3 is 13.3 Å². The Balaban J connectivity index is 1.88. The maximum atomic E-state index is 14.0. The van der Waals surface area contributed by atoms with E-state index in [1.54, 1.807) is 30.3 Å². The van der Waals surface area contributed by atoms with Crippen LogP contribution in [0.2, 0.25) is 5.02 Å². The van der Waals surface area contributed by atoms with E-state index in [9.17, 15) is 9.65 Å². The molecule has 27 heavy (non-hydrogen) atoms. The number of furan rings is 3. The van der Waals surface area contributed by atoms with E-state index in [0.29, 0.717) is 22.8 Å². The van der Waals surface area contributed by atoms with Crippen LogP contribution in [-0.4, -0.2) is 6.21 Å². The van der Waals surface area contributed by atoms with Crippen LogP contribution in [0.15, 0.2) is 73.2 Å². The number of aliphatic imine (C=N–C) groups is 1. The molecule has 4 rings (SSSR count). The van der Waals surface area contributed by atoms with Crippen molar-refractivity contribution in [2.75, 3.05) is 0 Å². The lowest BCUT2D eigenvalue weighted by Gasteiger charge is -1.98. The minimum atomic E-state index is -0.533. The summed E-state index contributed by atoms with van der Waals surface area (Å²) < 4.78 is 30.6. The summed E-state index contributed by atoms with van der Waals surface area (Å²) in [6.45, 7) is 0. The van der Waals surface area contributed by atoms with Crippen molar-refractivity contribution in [2.45, 2.75) is 0 Å². The van der Waals surface area contributed by atoms with Crippen LogP contribution in [0, 0.1) is 17.1 Å². The van der Waals surface area contributed by atoms with Crippen LogP contribution >= 0.6 is 11.6 Å². The predicted octanol–water partition coefficient (Wildman–Crippen LogP) is 6.21. The zero-order valence-corrected chi connectivity index (χ0v) is 14.4. The van der Waals surface area contributed by atoms with Gasteiger partial charge in [-0.15, -0.1) is 0 Å². The third-order valence-corrected chi connectivity index (χ3v) is 4.15. The van der Waals surface area contributed by atoms with Crippen molar-refractivity contribution in [1.29, 1.82) is 5.26 Å². The van der Waals surface area contributed by atoms with Gasteiger partial charge in [0, 0.05) is 11.8 Å². The molecule has 0 bridgehead atoms. The first-order valence-corrected chi connectivity index (χ1v) is 8.19. The van der Waals surface area contributed by atoms with Gasteiger partial charge in [0.2, 0.25) is 5.88 Å². The molecule has 1 aromatic carbocycles. The van der Waals surface area contributed by atoms with E-state index in [0.717, 1.165) is 0 Å². The molecule has 4 aromatic rings. The molecule has 0 N–H and O–H groups in total. The molecular weight excluding hydrogens is 371 g/mol. The van der Waals surface area contributed by atoms with Crippen molar-refractivity contribution in [3.63, 3.8) is 0 Å². The van der Waals surface area contributed by atoms with Crippen molar-refractivity contribution in [2.24, 2.45) is 4.99 Å². The second kappa shape index (κ2) is 6.98. The fraction of sp³-hybridized carbons (Fsp3) is 0. The Morgan fingerprint density at radius 2 is 1.78 bits per heavy atom. The molecule has 0 unspecified atom stereocenters. The topological polar surface area (TPSA) is 75.6 Å². The summed E-state index contributed by atoms with van der Waals surface area (Å²) in [7, 11) is 0. The molecule has 0 radical (unpaired) electrons. The zero-order valence-electron chi connectivity index (χ0n) is 13.6. The minimum Gasteiger partial charge on any atom is -0.464 e. The zero-order chi connectivity index (χ0) is 18.8. The lowest BCUT2D eigenvalue weighted by atomic mass is 10.1. The van der Waals surface area contributed by atoms with Gasteiger partial charge in [0.25, 0.3) is 0 Å². The molecule has 132 valence electrons. The average molecular weight is 381 g/mol. The fourth-order valence-electron chi connectivity index (χ4n) is 2.61. The predicted molar refractivity (Wildman–Crippen MR) is 97.5 cm³/mol. The molecule has 3 aromatic heterocycles. The summed E-state index contributed by atoms with van der Waals surface area (Å²) in [5.74, 6) is 0.581. The second-order valence-electron chi connectivity index (χ2n) is 5.45. The van der Waals surface area contributed by atoms with Gasteiger partial charge in [-0.3, -0.25) is 0 Å². The molecular formula is C20H10ClFN2O3. The maximum absolute atomic E-state index is 14.0. The maximum Gasteiger partial charge on any atom is 0.238 e. The van der Waals surface area contributed by atoms with Gasteiger partial charge in [0.05, 0.1) is 23.1 Å². The minimum absolute atomic E-state index is 0.00498. The lowest BCUT2D eigenvalue weighted by Crippen LogP contribution is -1.89. The largest absolute Gasteiger partial charge is 0.464 e. The molecule has 0 aliphatic carbocycles. The molecule has 0 saturated carbocycles. The van der Waals surface area contributed by atoms with Crippen LogP contribution in [0.5, 0.6) is 0 Å². The lowest BCUT2D eigenvalue weighted by molar-refractivity contribution is 0.527. The third kappa shape index (κ3) is 3.05. The van der Waals surface area contributed by atoms with Crippen LogP contribution < -0.4 is 0 Å². The third-order valence-electron chi connectivity index (χ3n) is 3.82. The summed E-state index contributed by atoms with van der Waals surface area (Å²) in [6, 6.07) is 13.1. The van der Waals surface area contributed by atoms with E-state index in [1.807, 2.05) is 0 Å². The van der Waals surface area contributed by atoms with E-state index in [-0.39, 0.29) is 22.0 Å². The van der Waals surface area contributed by atoms with E-state index >= 15 is 0 Å². The highest BCUT2D eigenvalue weighted by molar-refractivity contribution is 6.33. The van der Waals surface area contributed by atoms with Crippen LogP contribution in [0.1, 0.15) is 11.1 Å². The monoisotopic (exact) mass is 380 g/mol. The van der Waals surface area contributed by atoms with Gasteiger partial charge in [-0.2, -0.15) is 5.26 Å². The Morgan fingerprint density at radius 1 is 1.04 bits per heavy atom. The number of benzene rings is 1. The second-order valence-corrected chi connectivity index (χ2v) is 5.85. The first-order valence-electron chi connectivity index (χ1n) is 7.81. The molecule has 0 spiro atoms. The number of hydrogen-bond donors (Lipinski definition) is 0. The Hall–Kier alpha value is -3.56. The summed E-state index contributed by atoms with van der Waals surface area (Å²) in [5, 5.41) is 9.85. The van der Waals surface area contributed by atoms with Crippen molar-refractivity contribution >= 4 is 23.7 Å². The van der Waals surface area contributed by atoms with Crippen LogP contribution in [0.3, 0.4) is 0 Å². The van der Waals surface area contributed by atoms with Crippen LogP contribution in [-0.2, 0) is 0 Å². The highest BCUT2D eigenvalue weighted by Gasteiger charge is 2.26. The van der Waals surface area contributed by atoms with E-state index in [2.05, 4.69) is 11.1 Å². The van der Waals surface area contributed by atoms with E-state index in [1.165, 1.54) is 30.9 Å². The van der Waals surface area contributed by atoms with Gasteiger partial charge in [-0.05, 0) is 36.4 Å². The fourth-order valence-corrected chi connectivity index (χ4v) is 2.82. The molecule has 0 amide bonds. The van der Waals surface area contributed by atoms with Gasteiger partial charge >= 0.3 is 0 Å². The molecule has 0 aliphatic rings. The van der Waals surface area contributed by atoms with Gasteiger partial charge in [-0.25, -0.2) is 9.38 Å². The van der Waals surface area contributed by atoms with Crippen molar-refractivity contribution < 1.29 is 17.6 Å². The normalized spacial score (nSPS) is 11.1.